The maximum absolute atomic E-state index is 12.9. The summed E-state index contributed by atoms with van der Waals surface area (Å²) in [5.74, 6) is -0.274. The largest absolute Gasteiger partial charge is 0.497 e. The van der Waals surface area contributed by atoms with Gasteiger partial charge in [0.05, 0.1) is 7.11 Å². The minimum absolute atomic E-state index is 0.0140. The normalized spacial score (nSPS) is 10.6. The number of benzene rings is 1. The molecule has 6 nitrogen and oxygen atoms in total. The molecule has 0 aliphatic rings. The van der Waals surface area contributed by atoms with Gasteiger partial charge in [-0.1, -0.05) is 38.8 Å². The molecular formula is C23H31N2O4+. The Hall–Kier alpha value is -2.89. The molecule has 2 aromatic rings. The molecule has 0 aliphatic heterocycles. The third kappa shape index (κ3) is 6.59. The lowest BCUT2D eigenvalue weighted by molar-refractivity contribution is -0.684. The van der Waals surface area contributed by atoms with Crippen LogP contribution in [0.2, 0.25) is 0 Å². The Morgan fingerprint density at radius 3 is 2.14 bits per heavy atom. The molecular weight excluding hydrogens is 368 g/mol. The molecule has 2 rings (SSSR count). The van der Waals surface area contributed by atoms with Crippen molar-refractivity contribution in [3.05, 3.63) is 48.3 Å². The molecule has 0 aliphatic carbocycles. The summed E-state index contributed by atoms with van der Waals surface area (Å²) in [6.07, 6.45) is 7.33. The molecule has 156 valence electrons. The summed E-state index contributed by atoms with van der Waals surface area (Å²) in [4.78, 5) is 26.4. The van der Waals surface area contributed by atoms with Crippen molar-refractivity contribution in [3.8, 4) is 16.9 Å². The SMILES string of the molecule is CCCCN(CCCC)C(=O)C[n+]1cc(C(=O)O)cc(-c2ccc(OC)cc2)c1. The molecule has 1 aromatic heterocycles. The summed E-state index contributed by atoms with van der Waals surface area (Å²) in [5.41, 5.74) is 1.76. The van der Waals surface area contributed by atoms with E-state index in [4.69, 9.17) is 4.74 Å². The van der Waals surface area contributed by atoms with Crippen LogP contribution in [0, 0.1) is 0 Å². The lowest BCUT2D eigenvalue weighted by Gasteiger charge is -2.21. The van der Waals surface area contributed by atoms with Crippen molar-refractivity contribution in [2.45, 2.75) is 46.1 Å². The average molecular weight is 400 g/mol. The van der Waals surface area contributed by atoms with E-state index in [-0.39, 0.29) is 18.0 Å². The first-order valence-corrected chi connectivity index (χ1v) is 10.2. The van der Waals surface area contributed by atoms with E-state index in [9.17, 15) is 14.7 Å². The summed E-state index contributed by atoms with van der Waals surface area (Å²) in [7, 11) is 1.60. The summed E-state index contributed by atoms with van der Waals surface area (Å²) in [6.45, 7) is 5.81. The van der Waals surface area contributed by atoms with Crippen molar-refractivity contribution >= 4 is 11.9 Å². The van der Waals surface area contributed by atoms with E-state index in [1.807, 2.05) is 35.4 Å². The smallest absolute Gasteiger partial charge is 0.341 e. The number of aromatic nitrogens is 1. The second kappa shape index (κ2) is 11.2. The van der Waals surface area contributed by atoms with Gasteiger partial charge in [-0.05, 0) is 36.6 Å². The van der Waals surface area contributed by atoms with Crippen molar-refractivity contribution in [1.82, 2.24) is 4.90 Å². The van der Waals surface area contributed by atoms with Gasteiger partial charge in [0.15, 0.2) is 12.4 Å². The maximum atomic E-state index is 12.9. The number of ether oxygens (including phenoxy) is 1. The second-order valence-corrected chi connectivity index (χ2v) is 7.11. The zero-order chi connectivity index (χ0) is 21.2. The van der Waals surface area contributed by atoms with Gasteiger partial charge < -0.3 is 14.7 Å². The topological polar surface area (TPSA) is 70.7 Å². The Labute approximate surface area is 172 Å². The molecule has 0 bridgehead atoms. The zero-order valence-electron chi connectivity index (χ0n) is 17.6. The molecule has 0 atom stereocenters. The van der Waals surface area contributed by atoms with Gasteiger partial charge in [-0.3, -0.25) is 4.79 Å². The van der Waals surface area contributed by atoms with E-state index in [1.54, 1.807) is 17.7 Å². The van der Waals surface area contributed by atoms with E-state index in [0.29, 0.717) is 0 Å². The van der Waals surface area contributed by atoms with E-state index in [2.05, 4.69) is 13.8 Å². The van der Waals surface area contributed by atoms with Crippen LogP contribution >= 0.6 is 0 Å². The van der Waals surface area contributed by atoms with Crippen molar-refractivity contribution in [2.24, 2.45) is 0 Å². The molecule has 0 radical (unpaired) electrons. The molecule has 0 spiro atoms. The summed E-state index contributed by atoms with van der Waals surface area (Å²) in [5, 5.41) is 9.51. The number of amides is 1. The third-order valence-corrected chi connectivity index (χ3v) is 4.82. The predicted octanol–water partition coefficient (Wildman–Crippen LogP) is 3.78. The minimum Gasteiger partial charge on any atom is -0.497 e. The van der Waals surface area contributed by atoms with Crippen LogP contribution in [0.25, 0.3) is 11.1 Å². The van der Waals surface area contributed by atoms with Gasteiger partial charge in [0.25, 0.3) is 5.91 Å². The van der Waals surface area contributed by atoms with E-state index in [1.165, 1.54) is 6.20 Å². The van der Waals surface area contributed by atoms with E-state index >= 15 is 0 Å². The van der Waals surface area contributed by atoms with Crippen LogP contribution in [0.4, 0.5) is 0 Å². The fraction of sp³-hybridized carbons (Fsp3) is 0.435. The Bertz CT molecular complexity index is 810. The highest BCUT2D eigenvalue weighted by atomic mass is 16.5. The lowest BCUT2D eigenvalue weighted by atomic mass is 10.1. The van der Waals surface area contributed by atoms with Crippen LogP contribution in [0.3, 0.4) is 0 Å². The number of unbranched alkanes of at least 4 members (excludes halogenated alkanes) is 2. The Morgan fingerprint density at radius 2 is 1.62 bits per heavy atom. The number of rotatable bonds is 11. The van der Waals surface area contributed by atoms with Crippen LogP contribution in [0.1, 0.15) is 49.9 Å². The average Bonchev–Trinajstić information content (AvgIpc) is 2.73. The standard InChI is InChI=1S/C23H30N2O4/c1-4-6-12-25(13-7-5-2)22(26)17-24-15-19(14-20(16-24)23(27)28)18-8-10-21(29-3)11-9-18/h8-11,14-16H,4-7,12-13,17H2,1-3H3/p+1. The minimum atomic E-state index is -1.02. The molecule has 0 saturated heterocycles. The molecule has 1 N–H and O–H groups in total. The maximum Gasteiger partial charge on any atom is 0.341 e. The molecule has 0 saturated carbocycles. The molecule has 6 heteroatoms. The first-order valence-electron chi connectivity index (χ1n) is 10.2. The number of pyridine rings is 1. The fourth-order valence-electron chi connectivity index (χ4n) is 3.10. The van der Waals surface area contributed by atoms with Crippen molar-refractivity contribution in [3.63, 3.8) is 0 Å². The molecule has 1 aromatic carbocycles. The molecule has 29 heavy (non-hydrogen) atoms. The van der Waals surface area contributed by atoms with Gasteiger partial charge in [0.2, 0.25) is 6.54 Å². The summed E-state index contributed by atoms with van der Waals surface area (Å²) >= 11 is 0. The number of carboxylic acids is 1. The first kappa shape index (κ1) is 22.4. The van der Waals surface area contributed by atoms with Gasteiger partial charge in [0, 0.05) is 18.7 Å². The monoisotopic (exact) mass is 399 g/mol. The number of carbonyl (C=O) groups excluding carboxylic acids is 1. The molecule has 1 amide bonds. The fourth-order valence-corrected chi connectivity index (χ4v) is 3.10. The van der Waals surface area contributed by atoms with Crippen molar-refractivity contribution < 1.29 is 24.0 Å². The number of methoxy groups -OCH3 is 1. The number of carbonyl (C=O) groups is 2. The van der Waals surface area contributed by atoms with Crippen LogP contribution in [0.5, 0.6) is 5.75 Å². The number of hydrogen-bond donors (Lipinski definition) is 1. The van der Waals surface area contributed by atoms with E-state index in [0.717, 1.165) is 55.6 Å². The Morgan fingerprint density at radius 1 is 1.00 bits per heavy atom. The first-order chi connectivity index (χ1) is 14.0. The van der Waals surface area contributed by atoms with Crippen molar-refractivity contribution in [2.75, 3.05) is 20.2 Å². The predicted molar refractivity (Wildman–Crippen MR) is 112 cm³/mol. The highest BCUT2D eigenvalue weighted by molar-refractivity contribution is 5.88. The highest BCUT2D eigenvalue weighted by Gasteiger charge is 2.20. The number of nitrogens with zero attached hydrogens (tertiary/aromatic N) is 2. The van der Waals surface area contributed by atoms with Gasteiger partial charge in [-0.2, -0.15) is 4.57 Å². The van der Waals surface area contributed by atoms with Crippen molar-refractivity contribution in [1.29, 1.82) is 0 Å². The van der Waals surface area contributed by atoms with Gasteiger partial charge in [-0.25, -0.2) is 4.79 Å². The number of aromatic carboxylic acids is 1. The summed E-state index contributed by atoms with van der Waals surface area (Å²) in [6, 6.07) is 9.03. The Kier molecular flexibility index (Phi) is 8.65. The van der Waals surface area contributed by atoms with E-state index < -0.39 is 5.97 Å². The zero-order valence-corrected chi connectivity index (χ0v) is 17.6. The molecule has 0 unspecified atom stereocenters. The van der Waals surface area contributed by atoms with Crippen LogP contribution in [-0.2, 0) is 11.3 Å². The third-order valence-electron chi connectivity index (χ3n) is 4.82. The number of hydrogen-bond acceptors (Lipinski definition) is 3. The number of carboxylic acid groups (broad SMARTS) is 1. The van der Waals surface area contributed by atoms with Crippen LogP contribution in [-0.4, -0.2) is 42.1 Å². The van der Waals surface area contributed by atoms with Gasteiger partial charge in [-0.15, -0.1) is 0 Å². The lowest BCUT2D eigenvalue weighted by Crippen LogP contribution is -2.45. The highest BCUT2D eigenvalue weighted by Crippen LogP contribution is 2.22. The quantitative estimate of drug-likeness (QED) is 0.584. The van der Waals surface area contributed by atoms with Gasteiger partial charge in [0.1, 0.15) is 11.3 Å². The van der Waals surface area contributed by atoms with Crippen LogP contribution in [0.15, 0.2) is 42.7 Å². The molecule has 0 fully saturated rings. The summed E-state index contributed by atoms with van der Waals surface area (Å²) < 4.78 is 6.86. The van der Waals surface area contributed by atoms with Crippen LogP contribution < -0.4 is 9.30 Å². The molecule has 1 heterocycles. The second-order valence-electron chi connectivity index (χ2n) is 7.11. The van der Waals surface area contributed by atoms with Gasteiger partial charge >= 0.3 is 5.97 Å². The Balaban J connectivity index is 2.29.